The molecule has 1 unspecified atom stereocenters. The highest BCUT2D eigenvalue weighted by Crippen LogP contribution is 2.41. The molecule has 2 fully saturated rings. The van der Waals surface area contributed by atoms with E-state index < -0.39 is 47.6 Å². The van der Waals surface area contributed by atoms with Gasteiger partial charge in [-0.25, -0.2) is 19.4 Å². The van der Waals surface area contributed by atoms with Crippen LogP contribution in [-0.2, 0) is 47.7 Å². The third-order valence-electron chi connectivity index (χ3n) is 6.61. The molecule has 4 rings (SSSR count). The van der Waals surface area contributed by atoms with Crippen LogP contribution in [0.5, 0.6) is 0 Å². The number of ether oxygens (including phenoxy) is 5. The quantitative estimate of drug-likeness (QED) is 0.0540. The van der Waals surface area contributed by atoms with Crippen molar-refractivity contribution in [3.05, 3.63) is 22.3 Å². The van der Waals surface area contributed by atoms with Gasteiger partial charge in [-0.1, -0.05) is 5.16 Å². The van der Waals surface area contributed by atoms with Gasteiger partial charge >= 0.3 is 18.1 Å². The van der Waals surface area contributed by atoms with E-state index in [1.54, 1.807) is 6.92 Å². The van der Waals surface area contributed by atoms with Crippen LogP contribution in [0, 0.1) is 0 Å². The molecule has 0 radical (unpaired) electrons. The molecule has 4 heterocycles. The number of aromatic nitrogens is 1. The third-order valence-corrected chi connectivity index (χ3v) is 8.56. The molecule has 19 heteroatoms. The molecule has 3 aliphatic heterocycles. The number of fused-ring (bicyclic) bond motifs is 1. The number of amides is 2. The summed E-state index contributed by atoms with van der Waals surface area (Å²) in [5.41, 5.74) is 5.12. The van der Waals surface area contributed by atoms with Crippen LogP contribution < -0.4 is 11.1 Å². The molecule has 45 heavy (non-hydrogen) atoms. The summed E-state index contributed by atoms with van der Waals surface area (Å²) in [6.45, 7) is 6.63. The maximum Gasteiger partial charge on any atom is 0.511 e. The number of nitrogens with two attached hydrogens (primary N) is 1. The highest BCUT2D eigenvalue weighted by atomic mass is 32.2. The second-order valence-corrected chi connectivity index (χ2v) is 11.6. The largest absolute Gasteiger partial charge is 0.511 e. The van der Waals surface area contributed by atoms with Gasteiger partial charge in [-0.3, -0.25) is 19.4 Å². The van der Waals surface area contributed by atoms with Crippen molar-refractivity contribution in [3.63, 3.8) is 0 Å². The Kier molecular flexibility index (Phi) is 12.0. The van der Waals surface area contributed by atoms with E-state index in [-0.39, 0.29) is 46.8 Å². The number of rotatable bonds is 13. The summed E-state index contributed by atoms with van der Waals surface area (Å²) in [7, 11) is 1.24. The Morgan fingerprint density at radius 1 is 1.20 bits per heavy atom. The van der Waals surface area contributed by atoms with Crippen molar-refractivity contribution in [2.24, 2.45) is 5.16 Å². The average molecular weight is 671 g/mol. The van der Waals surface area contributed by atoms with Crippen molar-refractivity contribution in [2.75, 3.05) is 64.7 Å². The Hall–Kier alpha value is -3.94. The monoisotopic (exact) mass is 670 g/mol. The van der Waals surface area contributed by atoms with Gasteiger partial charge < -0.3 is 39.6 Å². The second-order valence-electron chi connectivity index (χ2n) is 9.60. The highest BCUT2D eigenvalue weighted by Gasteiger charge is 2.56. The number of carbonyl (C=O) groups excluding carboxylic acids is 5. The second kappa shape index (κ2) is 15.9. The van der Waals surface area contributed by atoms with Crippen molar-refractivity contribution >= 4 is 63.9 Å². The van der Waals surface area contributed by atoms with Gasteiger partial charge in [-0.2, -0.15) is 0 Å². The number of hydrogen-bond donors (Lipinski definition) is 2. The summed E-state index contributed by atoms with van der Waals surface area (Å²) < 4.78 is 25.8. The molecule has 0 aromatic carbocycles. The van der Waals surface area contributed by atoms with Gasteiger partial charge in [0.2, 0.25) is 6.29 Å². The Morgan fingerprint density at radius 3 is 2.62 bits per heavy atom. The van der Waals surface area contributed by atoms with Gasteiger partial charge in [0, 0.05) is 37.7 Å². The van der Waals surface area contributed by atoms with Crippen LogP contribution in [0.15, 0.2) is 21.8 Å². The van der Waals surface area contributed by atoms with E-state index in [1.807, 2.05) is 0 Å². The summed E-state index contributed by atoms with van der Waals surface area (Å²) in [5, 5.41) is 7.21. The number of morpholine rings is 1. The van der Waals surface area contributed by atoms with Crippen molar-refractivity contribution in [2.45, 2.75) is 38.0 Å². The van der Waals surface area contributed by atoms with Gasteiger partial charge in [-0.05, 0) is 13.3 Å². The number of thiazole rings is 1. The summed E-state index contributed by atoms with van der Waals surface area (Å²) in [5.74, 6) is -3.42. The fourth-order valence-electron chi connectivity index (χ4n) is 4.55. The number of nitrogens with zero attached hydrogens (tertiary/aromatic N) is 4. The topological polar surface area (TPSA) is 211 Å². The molecule has 2 saturated heterocycles. The zero-order valence-corrected chi connectivity index (χ0v) is 26.5. The predicted molar refractivity (Wildman–Crippen MR) is 159 cm³/mol. The van der Waals surface area contributed by atoms with E-state index in [1.165, 1.54) is 19.4 Å². The third kappa shape index (κ3) is 8.41. The summed E-state index contributed by atoms with van der Waals surface area (Å²) >= 11 is 2.22. The molecule has 17 nitrogen and oxygen atoms in total. The normalized spacial score (nSPS) is 20.8. The van der Waals surface area contributed by atoms with Crippen molar-refractivity contribution in [1.82, 2.24) is 20.1 Å². The number of β-lactam (4-membered cyclic amide) rings is 1. The van der Waals surface area contributed by atoms with Crippen LogP contribution >= 0.6 is 23.1 Å². The lowest BCUT2D eigenvalue weighted by molar-refractivity contribution is -0.169. The smallest absolute Gasteiger partial charge is 0.463 e. The van der Waals surface area contributed by atoms with E-state index in [2.05, 4.69) is 20.4 Å². The predicted octanol–water partition coefficient (Wildman–Crippen LogP) is 0.0576. The number of esters is 2. The zero-order valence-electron chi connectivity index (χ0n) is 24.8. The molecule has 3 aliphatic rings. The molecule has 3 N–H and O–H groups in total. The number of nitrogens with one attached hydrogen (secondary N) is 1. The Morgan fingerprint density at radius 2 is 1.96 bits per heavy atom. The van der Waals surface area contributed by atoms with Crippen LogP contribution in [0.4, 0.5) is 9.93 Å². The van der Waals surface area contributed by atoms with E-state index in [0.29, 0.717) is 19.6 Å². The first-order chi connectivity index (χ1) is 21.6. The molecule has 0 bridgehead atoms. The SMILES string of the molecule is CCOC(=O)C1=C(C(=O)OC(C)OC(=O)OCCCN2CCOCC2)N2C(=O)[C@@H](NC(=O)C(=NOC)c3csc(N)n3)[C@@H]2SC1. The molecular formula is C26H34N6O11S2. The molecule has 246 valence electrons. The van der Waals surface area contributed by atoms with Gasteiger partial charge in [0.15, 0.2) is 10.8 Å². The minimum absolute atomic E-state index is 0.0189. The molecule has 1 aromatic heterocycles. The van der Waals surface area contributed by atoms with Crippen LogP contribution in [0.2, 0.25) is 0 Å². The maximum atomic E-state index is 13.3. The lowest BCUT2D eigenvalue weighted by Gasteiger charge is -2.49. The van der Waals surface area contributed by atoms with Crippen LogP contribution in [0.25, 0.3) is 0 Å². The minimum atomic E-state index is -1.42. The fourth-order valence-corrected chi connectivity index (χ4v) is 6.43. The fraction of sp³-hybridized carbons (Fsp3) is 0.577. The number of anilines is 1. The average Bonchev–Trinajstić information content (AvgIpc) is 3.45. The molecule has 3 atom stereocenters. The first-order valence-electron chi connectivity index (χ1n) is 14.0. The van der Waals surface area contributed by atoms with E-state index in [9.17, 15) is 24.0 Å². The van der Waals surface area contributed by atoms with Gasteiger partial charge in [0.05, 0.1) is 32.0 Å². The van der Waals surface area contributed by atoms with Crippen LogP contribution in [0.3, 0.4) is 0 Å². The zero-order chi connectivity index (χ0) is 32.5. The lowest BCUT2D eigenvalue weighted by atomic mass is 10.0. The number of thioether (sulfide) groups is 1. The first kappa shape index (κ1) is 33.9. The maximum absolute atomic E-state index is 13.3. The van der Waals surface area contributed by atoms with Crippen molar-refractivity contribution < 1.29 is 52.5 Å². The lowest BCUT2D eigenvalue weighted by Crippen LogP contribution is -2.71. The number of nitrogen functional groups attached to an aromatic ring is 1. The number of oxime groups is 1. The summed E-state index contributed by atoms with van der Waals surface area (Å²) in [4.78, 5) is 76.5. The summed E-state index contributed by atoms with van der Waals surface area (Å²) in [6.07, 6.45) is -1.89. The van der Waals surface area contributed by atoms with Crippen LogP contribution in [0.1, 0.15) is 26.0 Å². The molecule has 0 saturated carbocycles. The van der Waals surface area contributed by atoms with Crippen molar-refractivity contribution in [3.8, 4) is 0 Å². The van der Waals surface area contributed by atoms with Crippen LogP contribution in [-0.4, -0.2) is 127 Å². The molecule has 0 spiro atoms. The molecule has 1 aromatic rings. The summed E-state index contributed by atoms with van der Waals surface area (Å²) in [6, 6.07) is -1.09. The highest BCUT2D eigenvalue weighted by molar-refractivity contribution is 8.00. The Bertz CT molecular complexity index is 1350. The number of carbonyl (C=O) groups is 5. The van der Waals surface area contributed by atoms with E-state index in [4.69, 9.17) is 34.3 Å². The Balaban J connectivity index is 1.38. The number of hydrogen-bond acceptors (Lipinski definition) is 17. The van der Waals surface area contributed by atoms with Gasteiger partial charge in [0.25, 0.3) is 11.8 Å². The standard InChI is InChI=1S/C26H34N6O11S2/c1-4-40-23(35)15-12-44-22-18(29-20(33)17(30-38-3)16-13-45-25(27)28-16)21(34)32(22)19(15)24(36)42-14(2)43-26(37)41-9-5-6-31-7-10-39-11-8-31/h13-14,18,22H,4-12H2,1-3H3,(H2,27,28)(H,29,33)/t14?,18-,22+/m1/s1. The van der Waals surface area contributed by atoms with Crippen molar-refractivity contribution in [1.29, 1.82) is 0 Å². The molecule has 0 aliphatic carbocycles. The molecule has 2 amide bonds. The minimum Gasteiger partial charge on any atom is -0.463 e. The van der Waals surface area contributed by atoms with Gasteiger partial charge in [-0.15, -0.1) is 23.1 Å². The van der Waals surface area contributed by atoms with Gasteiger partial charge in [0.1, 0.15) is 29.9 Å². The van der Waals surface area contributed by atoms with E-state index >= 15 is 0 Å². The molecular weight excluding hydrogens is 636 g/mol. The van der Waals surface area contributed by atoms with E-state index in [0.717, 1.165) is 47.6 Å². The first-order valence-corrected chi connectivity index (χ1v) is 15.9. The Labute approximate surface area is 266 Å².